The van der Waals surface area contributed by atoms with Crippen molar-refractivity contribution in [1.29, 1.82) is 0 Å². The number of benzene rings is 2. The second-order valence-corrected chi connectivity index (χ2v) is 6.64. The molecule has 1 heterocycles. The molecule has 0 saturated heterocycles. The number of nitrogens with one attached hydrogen (secondary N) is 1. The molecule has 138 valence electrons. The molecule has 3 aromatic rings. The number of carbonyl (C=O) groups excluding carboxylic acids is 1. The molecule has 1 aromatic heterocycles. The number of amides is 1. The van der Waals surface area contributed by atoms with Crippen LogP contribution in [0.5, 0.6) is 5.75 Å². The molecule has 0 unspecified atom stereocenters. The first-order valence-corrected chi connectivity index (χ1v) is 9.27. The lowest BCUT2D eigenvalue weighted by Gasteiger charge is -2.02. The lowest BCUT2D eigenvalue weighted by molar-refractivity contribution is 0.0949. The van der Waals surface area contributed by atoms with Crippen LogP contribution in [0.4, 0.5) is 0 Å². The molecule has 0 aliphatic carbocycles. The van der Waals surface area contributed by atoms with Gasteiger partial charge in [0.1, 0.15) is 5.75 Å². The third-order valence-corrected chi connectivity index (χ3v) is 4.23. The summed E-state index contributed by atoms with van der Waals surface area (Å²) in [5.41, 5.74) is 4.76. The number of rotatable bonds is 7. The number of hydrogen-bond acceptors (Lipinski definition) is 4. The fourth-order valence-corrected chi connectivity index (χ4v) is 2.65. The zero-order valence-corrected chi connectivity index (χ0v) is 16.4. The average molecular weight is 427 g/mol. The van der Waals surface area contributed by atoms with E-state index >= 15 is 0 Å². The monoisotopic (exact) mass is 426 g/mol. The minimum atomic E-state index is -0.355. The average Bonchev–Trinajstić information content (AvgIpc) is 3.14. The lowest BCUT2D eigenvalue weighted by atomic mass is 10.2. The maximum Gasteiger partial charge on any atom is 0.291 e. The van der Waals surface area contributed by atoms with Crippen molar-refractivity contribution >= 4 is 28.1 Å². The van der Waals surface area contributed by atoms with E-state index in [1.807, 2.05) is 55.5 Å². The maximum absolute atomic E-state index is 12.2. The Hall–Kier alpha value is -2.93. The number of aromatic nitrogens is 2. The molecule has 2 aromatic carbocycles. The van der Waals surface area contributed by atoms with E-state index in [4.69, 9.17) is 4.74 Å². The van der Waals surface area contributed by atoms with E-state index in [0.717, 1.165) is 21.3 Å². The molecule has 0 atom stereocenters. The summed E-state index contributed by atoms with van der Waals surface area (Å²) in [4.78, 5) is 12.2. The Morgan fingerprint density at radius 3 is 2.63 bits per heavy atom. The summed E-state index contributed by atoms with van der Waals surface area (Å²) in [5, 5.41) is 8.26. The van der Waals surface area contributed by atoms with Gasteiger partial charge in [0.05, 0.1) is 19.4 Å². The summed E-state index contributed by atoms with van der Waals surface area (Å²) >= 11 is 3.41. The number of halogens is 1. The first-order valence-electron chi connectivity index (χ1n) is 8.48. The standard InChI is InChI=1S/C20H19BrN4O2/c1-2-27-18-9-5-15(6-10-18)13-22-23-20(26)19-11-12-25(24-19)14-16-3-7-17(21)8-4-16/h3-13H,2,14H2,1H3,(H,23,26)/b22-13+. The molecule has 27 heavy (non-hydrogen) atoms. The third kappa shape index (κ3) is 5.52. The summed E-state index contributed by atoms with van der Waals surface area (Å²) in [6.07, 6.45) is 3.35. The highest BCUT2D eigenvalue weighted by Gasteiger charge is 2.08. The van der Waals surface area contributed by atoms with Gasteiger partial charge in [0.15, 0.2) is 5.69 Å². The van der Waals surface area contributed by atoms with Crippen LogP contribution in [-0.2, 0) is 6.54 Å². The Bertz CT molecular complexity index is 918. The molecule has 0 spiro atoms. The number of hydrazone groups is 1. The Kier molecular flexibility index (Phi) is 6.38. The smallest absolute Gasteiger partial charge is 0.291 e. The van der Waals surface area contributed by atoms with Gasteiger partial charge in [-0.05, 0) is 60.5 Å². The van der Waals surface area contributed by atoms with Crippen LogP contribution in [0.1, 0.15) is 28.5 Å². The van der Waals surface area contributed by atoms with Gasteiger partial charge >= 0.3 is 0 Å². The van der Waals surface area contributed by atoms with Gasteiger partial charge in [0, 0.05) is 10.7 Å². The van der Waals surface area contributed by atoms with Gasteiger partial charge in [-0.25, -0.2) is 5.43 Å². The molecule has 3 rings (SSSR count). The highest BCUT2D eigenvalue weighted by atomic mass is 79.9. The Balaban J connectivity index is 1.55. The second kappa shape index (κ2) is 9.14. The summed E-state index contributed by atoms with van der Waals surface area (Å²) < 4.78 is 8.13. The molecule has 0 fully saturated rings. The quantitative estimate of drug-likeness (QED) is 0.460. The fourth-order valence-electron chi connectivity index (χ4n) is 2.39. The summed E-state index contributed by atoms with van der Waals surface area (Å²) in [7, 11) is 0. The highest BCUT2D eigenvalue weighted by molar-refractivity contribution is 9.10. The topological polar surface area (TPSA) is 68.5 Å². The van der Waals surface area contributed by atoms with E-state index in [-0.39, 0.29) is 5.91 Å². The normalized spacial score (nSPS) is 10.9. The SMILES string of the molecule is CCOc1ccc(/C=N/NC(=O)c2ccn(Cc3ccc(Br)cc3)n2)cc1. The van der Waals surface area contributed by atoms with Crippen LogP contribution < -0.4 is 10.2 Å². The summed E-state index contributed by atoms with van der Waals surface area (Å²) in [6, 6.07) is 17.1. The van der Waals surface area contributed by atoms with E-state index < -0.39 is 0 Å². The van der Waals surface area contributed by atoms with Crippen LogP contribution in [0.15, 0.2) is 70.4 Å². The van der Waals surface area contributed by atoms with Gasteiger partial charge in [-0.3, -0.25) is 9.48 Å². The minimum Gasteiger partial charge on any atom is -0.494 e. The van der Waals surface area contributed by atoms with Gasteiger partial charge in [0.25, 0.3) is 5.91 Å². The van der Waals surface area contributed by atoms with Crippen molar-refractivity contribution in [3.63, 3.8) is 0 Å². The number of ether oxygens (including phenoxy) is 1. The molecular formula is C20H19BrN4O2. The predicted octanol–water partition coefficient (Wildman–Crippen LogP) is 3.86. The summed E-state index contributed by atoms with van der Waals surface area (Å²) in [6.45, 7) is 3.15. The van der Waals surface area contributed by atoms with Gasteiger partial charge in [-0.2, -0.15) is 10.2 Å². The molecule has 1 amide bonds. The zero-order valence-electron chi connectivity index (χ0n) is 14.8. The van der Waals surface area contributed by atoms with Crippen molar-refractivity contribution in [2.24, 2.45) is 5.10 Å². The third-order valence-electron chi connectivity index (χ3n) is 3.70. The van der Waals surface area contributed by atoms with Gasteiger partial charge in [0.2, 0.25) is 0 Å². The van der Waals surface area contributed by atoms with Gasteiger partial charge in [-0.1, -0.05) is 28.1 Å². The van der Waals surface area contributed by atoms with Crippen LogP contribution in [0.25, 0.3) is 0 Å². The molecular weight excluding hydrogens is 408 g/mol. The first kappa shape index (κ1) is 18.8. The lowest BCUT2D eigenvalue weighted by Crippen LogP contribution is -2.18. The molecule has 0 radical (unpaired) electrons. The molecule has 0 aliphatic heterocycles. The van der Waals surface area contributed by atoms with Crippen LogP contribution in [0.3, 0.4) is 0 Å². The van der Waals surface area contributed by atoms with E-state index in [0.29, 0.717) is 18.8 Å². The molecule has 1 N–H and O–H groups in total. The highest BCUT2D eigenvalue weighted by Crippen LogP contribution is 2.12. The van der Waals surface area contributed by atoms with Crippen LogP contribution in [0, 0.1) is 0 Å². The Labute approximate surface area is 166 Å². The minimum absolute atomic E-state index is 0.316. The number of hydrogen-bond donors (Lipinski definition) is 1. The van der Waals surface area contributed by atoms with Crippen molar-refractivity contribution in [2.45, 2.75) is 13.5 Å². The van der Waals surface area contributed by atoms with Crippen LogP contribution in [-0.4, -0.2) is 28.5 Å². The van der Waals surface area contributed by atoms with Crippen molar-refractivity contribution < 1.29 is 9.53 Å². The van der Waals surface area contributed by atoms with Crippen LogP contribution in [0.2, 0.25) is 0 Å². The number of carbonyl (C=O) groups is 1. The van der Waals surface area contributed by atoms with Crippen molar-refractivity contribution in [3.8, 4) is 5.75 Å². The fraction of sp³-hybridized carbons (Fsp3) is 0.150. The van der Waals surface area contributed by atoms with Crippen LogP contribution >= 0.6 is 15.9 Å². The molecule has 0 saturated carbocycles. The van der Waals surface area contributed by atoms with E-state index in [1.54, 1.807) is 23.2 Å². The second-order valence-electron chi connectivity index (χ2n) is 5.73. The Morgan fingerprint density at radius 1 is 1.19 bits per heavy atom. The zero-order chi connectivity index (χ0) is 19.1. The van der Waals surface area contributed by atoms with E-state index in [2.05, 4.69) is 31.6 Å². The van der Waals surface area contributed by atoms with Crippen molar-refractivity contribution in [2.75, 3.05) is 6.61 Å². The van der Waals surface area contributed by atoms with Gasteiger partial charge < -0.3 is 4.74 Å². The molecule has 7 heteroatoms. The molecule has 0 aliphatic rings. The molecule has 6 nitrogen and oxygen atoms in total. The number of nitrogens with zero attached hydrogens (tertiary/aromatic N) is 3. The first-order chi connectivity index (χ1) is 13.1. The van der Waals surface area contributed by atoms with Gasteiger partial charge in [-0.15, -0.1) is 0 Å². The van der Waals surface area contributed by atoms with Crippen molar-refractivity contribution in [3.05, 3.63) is 82.1 Å². The largest absolute Gasteiger partial charge is 0.494 e. The summed E-state index contributed by atoms with van der Waals surface area (Å²) in [5.74, 6) is 0.446. The van der Waals surface area contributed by atoms with Crippen molar-refractivity contribution in [1.82, 2.24) is 15.2 Å². The van der Waals surface area contributed by atoms with E-state index in [1.165, 1.54) is 0 Å². The molecule has 0 bridgehead atoms. The maximum atomic E-state index is 12.2. The van der Waals surface area contributed by atoms with E-state index in [9.17, 15) is 4.79 Å². The Morgan fingerprint density at radius 2 is 1.93 bits per heavy atom. The predicted molar refractivity (Wildman–Crippen MR) is 108 cm³/mol.